The van der Waals surface area contributed by atoms with Crippen molar-refractivity contribution in [3.05, 3.63) is 11.7 Å². The molecule has 2 heterocycles. The van der Waals surface area contributed by atoms with E-state index in [1.165, 1.54) is 0 Å². The Labute approximate surface area is 114 Å². The van der Waals surface area contributed by atoms with E-state index in [0.717, 1.165) is 63.5 Å². The third-order valence-electron chi connectivity index (χ3n) is 4.52. The van der Waals surface area contributed by atoms with E-state index in [1.807, 2.05) is 0 Å². The Kier molecular flexibility index (Phi) is 3.84. The maximum Gasteiger partial charge on any atom is 0.240 e. The Balaban J connectivity index is 1.53. The molecule has 1 aliphatic heterocycles. The van der Waals surface area contributed by atoms with Crippen LogP contribution in [-0.4, -0.2) is 39.3 Å². The second kappa shape index (κ2) is 5.59. The zero-order valence-electron chi connectivity index (χ0n) is 11.6. The zero-order chi connectivity index (χ0) is 13.2. The molecule has 2 fully saturated rings. The number of nitrogens with zero attached hydrogens (tertiary/aromatic N) is 3. The van der Waals surface area contributed by atoms with E-state index in [2.05, 4.69) is 22.0 Å². The van der Waals surface area contributed by atoms with E-state index in [4.69, 9.17) is 4.52 Å². The van der Waals surface area contributed by atoms with Crippen molar-refractivity contribution in [1.29, 1.82) is 0 Å². The van der Waals surface area contributed by atoms with Crippen LogP contribution >= 0.6 is 0 Å². The molecular weight excluding hydrogens is 242 g/mol. The second-order valence-electron chi connectivity index (χ2n) is 5.97. The summed E-state index contributed by atoms with van der Waals surface area (Å²) in [5.74, 6) is 2.68. The van der Waals surface area contributed by atoms with E-state index in [-0.39, 0.29) is 6.10 Å². The molecule has 0 amide bonds. The molecule has 19 heavy (non-hydrogen) atoms. The second-order valence-corrected chi connectivity index (χ2v) is 5.97. The lowest BCUT2D eigenvalue weighted by atomic mass is 10.00. The number of aromatic nitrogens is 2. The van der Waals surface area contributed by atoms with Gasteiger partial charge in [0.15, 0.2) is 5.82 Å². The Hall–Kier alpha value is -0.940. The zero-order valence-corrected chi connectivity index (χ0v) is 11.6. The number of aliphatic hydroxyl groups is 1. The van der Waals surface area contributed by atoms with Gasteiger partial charge in [-0.15, -0.1) is 0 Å². The maximum atomic E-state index is 9.91. The van der Waals surface area contributed by atoms with E-state index >= 15 is 0 Å². The number of hydrogen-bond acceptors (Lipinski definition) is 5. The van der Waals surface area contributed by atoms with Gasteiger partial charge in [0.25, 0.3) is 0 Å². The lowest BCUT2D eigenvalue weighted by Crippen LogP contribution is -2.24. The average Bonchev–Trinajstić information content (AvgIpc) is 3.07. The molecule has 1 N–H and O–H groups in total. The molecule has 1 saturated carbocycles. The van der Waals surface area contributed by atoms with Crippen LogP contribution in [0, 0.1) is 11.8 Å². The quantitative estimate of drug-likeness (QED) is 0.876. The van der Waals surface area contributed by atoms with E-state index in [9.17, 15) is 5.11 Å². The van der Waals surface area contributed by atoms with E-state index in [0.29, 0.717) is 11.8 Å². The summed E-state index contributed by atoms with van der Waals surface area (Å²) >= 11 is 0. The van der Waals surface area contributed by atoms with Crippen molar-refractivity contribution in [3.8, 4) is 0 Å². The molecule has 106 valence electrons. The topological polar surface area (TPSA) is 62.4 Å². The van der Waals surface area contributed by atoms with Crippen molar-refractivity contribution in [2.24, 2.45) is 11.8 Å². The number of aryl methyl sites for hydroxylation is 1. The summed E-state index contributed by atoms with van der Waals surface area (Å²) in [6, 6.07) is 0. The Morgan fingerprint density at radius 1 is 1.37 bits per heavy atom. The molecule has 3 rings (SSSR count). The molecule has 0 bridgehead atoms. The molecule has 3 unspecified atom stereocenters. The minimum absolute atomic E-state index is 0.0993. The number of aliphatic hydroxyl groups excluding tert-OH is 1. The summed E-state index contributed by atoms with van der Waals surface area (Å²) in [7, 11) is 0. The summed E-state index contributed by atoms with van der Waals surface area (Å²) in [5, 5.41) is 13.9. The molecule has 5 nitrogen and oxygen atoms in total. The van der Waals surface area contributed by atoms with Crippen molar-refractivity contribution in [2.75, 3.05) is 13.1 Å². The summed E-state index contributed by atoms with van der Waals surface area (Å²) in [6.45, 7) is 4.93. The number of likely N-dealkylation sites (tertiary alicyclic amines) is 1. The minimum atomic E-state index is -0.0993. The van der Waals surface area contributed by atoms with Gasteiger partial charge >= 0.3 is 0 Å². The fourth-order valence-corrected chi connectivity index (χ4v) is 3.44. The van der Waals surface area contributed by atoms with Gasteiger partial charge in [0.05, 0.1) is 12.6 Å². The summed E-state index contributed by atoms with van der Waals surface area (Å²) in [5.41, 5.74) is 0. The largest absolute Gasteiger partial charge is 0.393 e. The van der Waals surface area contributed by atoms with Gasteiger partial charge in [0.2, 0.25) is 5.89 Å². The van der Waals surface area contributed by atoms with Crippen LogP contribution in [-0.2, 0) is 13.0 Å². The fourth-order valence-electron chi connectivity index (χ4n) is 3.44. The molecule has 2 aliphatic rings. The fraction of sp³-hybridized carbons (Fsp3) is 0.857. The minimum Gasteiger partial charge on any atom is -0.393 e. The van der Waals surface area contributed by atoms with E-state index < -0.39 is 0 Å². The summed E-state index contributed by atoms with van der Waals surface area (Å²) in [6.07, 6.45) is 5.21. The first-order valence-corrected chi connectivity index (χ1v) is 7.48. The van der Waals surface area contributed by atoms with Gasteiger partial charge in [0, 0.05) is 25.4 Å². The number of fused-ring (bicyclic) bond motifs is 1. The van der Waals surface area contributed by atoms with Crippen LogP contribution in [0.2, 0.25) is 0 Å². The molecule has 1 aliphatic carbocycles. The van der Waals surface area contributed by atoms with Crippen LogP contribution in [0.3, 0.4) is 0 Å². The molecule has 0 aromatic carbocycles. The molecule has 3 atom stereocenters. The van der Waals surface area contributed by atoms with Crippen LogP contribution in [0.1, 0.15) is 44.3 Å². The highest BCUT2D eigenvalue weighted by atomic mass is 16.5. The van der Waals surface area contributed by atoms with Crippen molar-refractivity contribution >= 4 is 0 Å². The SMILES string of the molecule is CCCCc1noc(CN2CC3CCC(O)C3C2)n1. The maximum absolute atomic E-state index is 9.91. The molecular formula is C14H23N3O2. The lowest BCUT2D eigenvalue weighted by molar-refractivity contribution is 0.122. The van der Waals surface area contributed by atoms with E-state index in [1.54, 1.807) is 0 Å². The van der Waals surface area contributed by atoms with Crippen LogP contribution in [0.4, 0.5) is 0 Å². The van der Waals surface area contributed by atoms with Crippen LogP contribution in [0.25, 0.3) is 0 Å². The highest BCUT2D eigenvalue weighted by Crippen LogP contribution is 2.38. The average molecular weight is 265 g/mol. The Bertz CT molecular complexity index is 421. The monoisotopic (exact) mass is 265 g/mol. The molecule has 1 aromatic heterocycles. The predicted octanol–water partition coefficient (Wildman–Crippen LogP) is 1.61. The van der Waals surface area contributed by atoms with Crippen LogP contribution in [0.15, 0.2) is 4.52 Å². The molecule has 5 heteroatoms. The van der Waals surface area contributed by atoms with Gasteiger partial charge in [-0.1, -0.05) is 18.5 Å². The third kappa shape index (κ3) is 2.82. The number of unbranched alkanes of at least 4 members (excludes halogenated alkanes) is 1. The van der Waals surface area contributed by atoms with Crippen LogP contribution < -0.4 is 0 Å². The van der Waals surface area contributed by atoms with Gasteiger partial charge in [-0.05, 0) is 25.2 Å². The summed E-state index contributed by atoms with van der Waals surface area (Å²) in [4.78, 5) is 6.78. The highest BCUT2D eigenvalue weighted by Gasteiger charge is 2.41. The first-order chi connectivity index (χ1) is 9.26. The van der Waals surface area contributed by atoms with Crippen molar-refractivity contribution in [3.63, 3.8) is 0 Å². The Morgan fingerprint density at radius 2 is 2.26 bits per heavy atom. The van der Waals surface area contributed by atoms with Gasteiger partial charge < -0.3 is 9.63 Å². The van der Waals surface area contributed by atoms with Gasteiger partial charge in [0.1, 0.15) is 0 Å². The molecule has 0 spiro atoms. The van der Waals surface area contributed by atoms with Crippen molar-refractivity contribution < 1.29 is 9.63 Å². The van der Waals surface area contributed by atoms with Gasteiger partial charge in [-0.3, -0.25) is 4.90 Å². The predicted molar refractivity (Wildman–Crippen MR) is 70.4 cm³/mol. The van der Waals surface area contributed by atoms with Gasteiger partial charge in [-0.2, -0.15) is 4.98 Å². The van der Waals surface area contributed by atoms with Crippen molar-refractivity contribution in [1.82, 2.24) is 15.0 Å². The number of hydrogen-bond donors (Lipinski definition) is 1. The smallest absolute Gasteiger partial charge is 0.240 e. The Morgan fingerprint density at radius 3 is 3.05 bits per heavy atom. The lowest BCUT2D eigenvalue weighted by Gasteiger charge is -2.15. The van der Waals surface area contributed by atoms with Gasteiger partial charge in [-0.25, -0.2) is 0 Å². The van der Waals surface area contributed by atoms with Crippen LogP contribution in [0.5, 0.6) is 0 Å². The number of rotatable bonds is 5. The third-order valence-corrected chi connectivity index (χ3v) is 4.52. The first-order valence-electron chi connectivity index (χ1n) is 7.48. The highest BCUT2D eigenvalue weighted by molar-refractivity contribution is 4.95. The first kappa shape index (κ1) is 13.1. The normalized spacial score (nSPS) is 30.9. The standard InChI is InChI=1S/C14H23N3O2/c1-2-3-4-13-15-14(19-16-13)9-17-7-10-5-6-12(18)11(10)8-17/h10-12,18H,2-9H2,1H3. The molecule has 0 radical (unpaired) electrons. The molecule has 1 aromatic rings. The molecule has 1 saturated heterocycles. The van der Waals surface area contributed by atoms with Crippen molar-refractivity contribution in [2.45, 2.75) is 51.7 Å². The summed E-state index contributed by atoms with van der Waals surface area (Å²) < 4.78 is 5.31.